The topological polar surface area (TPSA) is 113 Å². The number of carbonyl (C=O) groups excluding carboxylic acids is 2. The summed E-state index contributed by atoms with van der Waals surface area (Å²) in [5, 5.41) is 24.4. The van der Waals surface area contributed by atoms with Gasteiger partial charge in [-0.2, -0.15) is 5.10 Å². The second kappa shape index (κ2) is 9.38. The van der Waals surface area contributed by atoms with Crippen LogP contribution < -0.4 is 0 Å². The molecule has 8 nitrogen and oxygen atoms in total. The number of carboxylic acids is 1. The smallest absolute Gasteiger partial charge is 0.309 e. The maximum atomic E-state index is 12.5. The first kappa shape index (κ1) is 22.4. The molecular formula is C25H25N3O5. The van der Waals surface area contributed by atoms with Gasteiger partial charge < -0.3 is 10.2 Å². The summed E-state index contributed by atoms with van der Waals surface area (Å²) in [5.41, 5.74) is 3.65. The molecular weight excluding hydrogens is 422 g/mol. The Bertz CT molecular complexity index is 1150. The van der Waals surface area contributed by atoms with E-state index in [0.717, 1.165) is 21.6 Å². The number of benzene rings is 2. The molecule has 0 spiro atoms. The fourth-order valence-corrected chi connectivity index (χ4v) is 4.14. The molecule has 33 heavy (non-hydrogen) atoms. The van der Waals surface area contributed by atoms with Gasteiger partial charge in [-0.1, -0.05) is 36.4 Å². The Balaban J connectivity index is 1.34. The minimum atomic E-state index is -1.15. The van der Waals surface area contributed by atoms with E-state index in [9.17, 15) is 24.6 Å². The molecule has 2 amide bonds. The predicted octanol–water partition coefficient (Wildman–Crippen LogP) is 2.77. The van der Waals surface area contributed by atoms with Crippen molar-refractivity contribution in [3.8, 4) is 11.1 Å². The summed E-state index contributed by atoms with van der Waals surface area (Å²) in [5.74, 6) is -3.08. The number of aryl methyl sites for hydroxylation is 2. The van der Waals surface area contributed by atoms with E-state index in [4.69, 9.17) is 0 Å². The van der Waals surface area contributed by atoms with Gasteiger partial charge in [0.2, 0.25) is 0 Å². The van der Waals surface area contributed by atoms with Gasteiger partial charge in [0.25, 0.3) is 11.8 Å². The fraction of sp³-hybridized carbons (Fsp3) is 0.280. The van der Waals surface area contributed by atoms with Crippen molar-refractivity contribution in [2.75, 3.05) is 6.54 Å². The first-order valence-corrected chi connectivity index (χ1v) is 10.8. The first-order chi connectivity index (χ1) is 15.8. The van der Waals surface area contributed by atoms with E-state index < -0.39 is 29.8 Å². The maximum Gasteiger partial charge on any atom is 0.309 e. The zero-order chi connectivity index (χ0) is 23.5. The van der Waals surface area contributed by atoms with E-state index in [-0.39, 0.29) is 19.4 Å². The van der Waals surface area contributed by atoms with E-state index in [2.05, 4.69) is 5.10 Å². The highest BCUT2D eigenvalue weighted by molar-refractivity contribution is 6.21. The molecule has 170 valence electrons. The third-order valence-corrected chi connectivity index (χ3v) is 6.04. The molecule has 1 aliphatic rings. The Hall–Kier alpha value is -3.78. The molecule has 1 aliphatic heterocycles. The highest BCUT2D eigenvalue weighted by Gasteiger charge is 2.36. The van der Waals surface area contributed by atoms with Gasteiger partial charge >= 0.3 is 5.97 Å². The predicted molar refractivity (Wildman–Crippen MR) is 121 cm³/mol. The number of aliphatic carboxylic acids is 1. The third kappa shape index (κ3) is 4.70. The van der Waals surface area contributed by atoms with Crippen LogP contribution in [0.4, 0.5) is 0 Å². The molecule has 2 aromatic carbocycles. The monoisotopic (exact) mass is 447 g/mol. The highest BCUT2D eigenvalue weighted by atomic mass is 16.4. The number of aromatic nitrogens is 2. The van der Waals surface area contributed by atoms with Crippen molar-refractivity contribution in [2.45, 2.75) is 25.4 Å². The van der Waals surface area contributed by atoms with Crippen LogP contribution in [-0.4, -0.2) is 55.3 Å². The molecule has 0 saturated heterocycles. The van der Waals surface area contributed by atoms with Gasteiger partial charge in [0.1, 0.15) is 0 Å². The molecule has 4 rings (SSSR count). The fourth-order valence-electron chi connectivity index (χ4n) is 4.14. The molecule has 0 bridgehead atoms. The number of nitrogens with zero attached hydrogens (tertiary/aromatic N) is 3. The van der Waals surface area contributed by atoms with Gasteiger partial charge in [-0.3, -0.25) is 24.0 Å². The quantitative estimate of drug-likeness (QED) is 0.488. The minimum absolute atomic E-state index is 0.0120. The van der Waals surface area contributed by atoms with Gasteiger partial charge in [0.15, 0.2) is 0 Å². The van der Waals surface area contributed by atoms with Gasteiger partial charge in [0.05, 0.1) is 29.3 Å². The van der Waals surface area contributed by atoms with Crippen molar-refractivity contribution in [1.82, 2.24) is 14.7 Å². The number of hydrogen-bond acceptors (Lipinski definition) is 5. The number of aliphatic hydroxyl groups is 1. The second-order valence-corrected chi connectivity index (χ2v) is 8.25. The summed E-state index contributed by atoms with van der Waals surface area (Å²) in [7, 11) is 1.85. The number of amides is 2. The normalized spacial score (nSPS) is 14.9. The lowest BCUT2D eigenvalue weighted by Gasteiger charge is -2.22. The van der Waals surface area contributed by atoms with Crippen LogP contribution in [0.1, 0.15) is 39.1 Å². The number of rotatable bonds is 9. The van der Waals surface area contributed by atoms with Gasteiger partial charge in [-0.15, -0.1) is 0 Å². The molecule has 2 atom stereocenters. The maximum absolute atomic E-state index is 12.5. The zero-order valence-electron chi connectivity index (χ0n) is 18.2. The Kier molecular flexibility index (Phi) is 6.37. The van der Waals surface area contributed by atoms with Gasteiger partial charge in [-0.05, 0) is 42.5 Å². The third-order valence-electron chi connectivity index (χ3n) is 6.04. The molecule has 3 aromatic rings. The zero-order valence-corrected chi connectivity index (χ0v) is 18.2. The molecule has 0 fully saturated rings. The molecule has 0 aliphatic carbocycles. The van der Waals surface area contributed by atoms with E-state index in [1.165, 1.54) is 0 Å². The van der Waals surface area contributed by atoms with Crippen molar-refractivity contribution < 1.29 is 24.6 Å². The summed E-state index contributed by atoms with van der Waals surface area (Å²) in [6.45, 7) is -0.0554. The van der Waals surface area contributed by atoms with Crippen LogP contribution >= 0.6 is 0 Å². The SMILES string of the molecule is Cn1cc(-c2ccc(CCC(O)C(CCN3C(=O)c4ccccc4C3=O)C(=O)O)cc2)cn1. The van der Waals surface area contributed by atoms with E-state index in [1.807, 2.05) is 37.5 Å². The minimum Gasteiger partial charge on any atom is -0.481 e. The molecule has 8 heteroatoms. The first-order valence-electron chi connectivity index (χ1n) is 10.8. The highest BCUT2D eigenvalue weighted by Crippen LogP contribution is 2.25. The average molecular weight is 447 g/mol. The van der Waals surface area contributed by atoms with Crippen LogP contribution in [0.2, 0.25) is 0 Å². The van der Waals surface area contributed by atoms with Gasteiger partial charge in [0, 0.05) is 25.4 Å². The average Bonchev–Trinajstić information content (AvgIpc) is 3.35. The summed E-state index contributed by atoms with van der Waals surface area (Å²) >= 11 is 0. The Labute approximate surface area is 191 Å². The van der Waals surface area contributed by atoms with Crippen LogP contribution in [0.25, 0.3) is 11.1 Å². The number of fused-ring (bicyclic) bond motifs is 1. The molecule has 0 radical (unpaired) electrons. The van der Waals surface area contributed by atoms with Crippen LogP contribution in [0.5, 0.6) is 0 Å². The number of carboxylic acid groups (broad SMARTS) is 1. The van der Waals surface area contributed by atoms with Gasteiger partial charge in [-0.25, -0.2) is 0 Å². The summed E-state index contributed by atoms with van der Waals surface area (Å²) in [4.78, 5) is 37.8. The number of imide groups is 1. The lowest BCUT2D eigenvalue weighted by atomic mass is 9.93. The molecule has 2 N–H and O–H groups in total. The van der Waals surface area contributed by atoms with Crippen LogP contribution in [0.3, 0.4) is 0 Å². The van der Waals surface area contributed by atoms with Crippen LogP contribution in [0, 0.1) is 5.92 Å². The van der Waals surface area contributed by atoms with Crippen molar-refractivity contribution in [2.24, 2.45) is 13.0 Å². The molecule has 0 saturated carbocycles. The number of aliphatic hydroxyl groups excluding tert-OH is 1. The van der Waals surface area contributed by atoms with Crippen LogP contribution in [0.15, 0.2) is 60.9 Å². The Morgan fingerprint density at radius 1 is 0.970 bits per heavy atom. The van der Waals surface area contributed by atoms with Crippen LogP contribution in [-0.2, 0) is 18.3 Å². The lowest BCUT2D eigenvalue weighted by molar-refractivity contribution is -0.146. The number of carbonyl (C=O) groups is 3. The molecule has 2 heterocycles. The van der Waals surface area contributed by atoms with E-state index >= 15 is 0 Å². The second-order valence-electron chi connectivity index (χ2n) is 8.25. The lowest BCUT2D eigenvalue weighted by Crippen LogP contribution is -2.36. The van der Waals surface area contributed by atoms with Crippen molar-refractivity contribution in [1.29, 1.82) is 0 Å². The Morgan fingerprint density at radius 2 is 1.61 bits per heavy atom. The van der Waals surface area contributed by atoms with Crippen molar-refractivity contribution >= 4 is 17.8 Å². The number of hydrogen-bond donors (Lipinski definition) is 2. The van der Waals surface area contributed by atoms with E-state index in [1.54, 1.807) is 35.1 Å². The Morgan fingerprint density at radius 3 is 2.15 bits per heavy atom. The molecule has 1 aromatic heterocycles. The summed E-state index contributed by atoms with van der Waals surface area (Å²) in [6.07, 6.45) is 3.35. The standard InChI is InChI=1S/C25H25N3O5/c1-27-15-18(14-26-27)17-9-6-16(7-10-17)8-11-22(29)21(25(32)33)12-13-28-23(30)19-4-2-3-5-20(19)24(28)31/h2-7,9-10,14-15,21-22,29H,8,11-13H2,1H3,(H,32,33). The molecule has 2 unspecified atom stereocenters. The summed E-state index contributed by atoms with van der Waals surface area (Å²) < 4.78 is 1.73. The summed E-state index contributed by atoms with van der Waals surface area (Å²) in [6, 6.07) is 14.4. The largest absolute Gasteiger partial charge is 0.481 e. The van der Waals surface area contributed by atoms with Crippen molar-refractivity contribution in [3.63, 3.8) is 0 Å². The van der Waals surface area contributed by atoms with Crippen molar-refractivity contribution in [3.05, 3.63) is 77.6 Å². The van der Waals surface area contributed by atoms with E-state index in [0.29, 0.717) is 17.5 Å².